The fraction of sp³-hybridized carbons (Fsp3) is 0.417. The number of rotatable bonds is 3. The number of benzene rings is 1. The van der Waals surface area contributed by atoms with Crippen LogP contribution in [0.2, 0.25) is 5.02 Å². The molecule has 18 heavy (non-hydrogen) atoms. The maximum atomic E-state index is 12.6. The Hall–Kier alpha value is -0.680. The van der Waals surface area contributed by atoms with Crippen molar-refractivity contribution in [2.45, 2.75) is 31.2 Å². The topological polar surface area (TPSA) is 29.1 Å². The first kappa shape index (κ1) is 13.7. The lowest BCUT2D eigenvalue weighted by molar-refractivity contribution is -0.128. The molecule has 0 saturated heterocycles. The van der Waals surface area contributed by atoms with E-state index in [9.17, 15) is 13.6 Å². The van der Waals surface area contributed by atoms with Gasteiger partial charge in [0.2, 0.25) is 5.91 Å². The van der Waals surface area contributed by atoms with E-state index in [0.29, 0.717) is 10.6 Å². The predicted octanol–water partition coefficient (Wildman–Crippen LogP) is 3.56. The van der Waals surface area contributed by atoms with E-state index in [1.807, 2.05) is 0 Å². The average Bonchev–Trinajstić information content (AvgIpc) is 2.20. The van der Waals surface area contributed by atoms with Crippen molar-refractivity contribution < 1.29 is 13.6 Å². The Bertz CT molecular complexity index is 473. The molecule has 1 fully saturated rings. The summed E-state index contributed by atoms with van der Waals surface area (Å²) in [5, 5.41) is 3.07. The van der Waals surface area contributed by atoms with Crippen molar-refractivity contribution in [1.29, 1.82) is 0 Å². The molecule has 1 aromatic rings. The minimum atomic E-state index is -2.62. The normalized spacial score (nSPS) is 18.2. The van der Waals surface area contributed by atoms with E-state index in [0.717, 1.165) is 4.47 Å². The van der Waals surface area contributed by atoms with Crippen LogP contribution >= 0.6 is 27.5 Å². The summed E-state index contributed by atoms with van der Waals surface area (Å²) in [6.45, 7) is 0. The molecule has 0 atom stereocenters. The van der Waals surface area contributed by atoms with Crippen LogP contribution in [0.15, 0.2) is 22.7 Å². The van der Waals surface area contributed by atoms with Crippen LogP contribution in [0.25, 0.3) is 0 Å². The lowest BCUT2D eigenvalue weighted by Gasteiger charge is -2.35. The number of carbonyl (C=O) groups is 1. The Morgan fingerprint density at radius 3 is 2.78 bits per heavy atom. The second-order valence-corrected chi connectivity index (χ2v) is 5.76. The summed E-state index contributed by atoms with van der Waals surface area (Å²) in [6.07, 6.45) is -0.448. The van der Waals surface area contributed by atoms with Gasteiger partial charge in [-0.1, -0.05) is 27.5 Å². The van der Waals surface area contributed by atoms with E-state index in [2.05, 4.69) is 21.2 Å². The Morgan fingerprint density at radius 1 is 1.50 bits per heavy atom. The summed E-state index contributed by atoms with van der Waals surface area (Å²) in [5.74, 6) is -2.90. The molecule has 1 aliphatic carbocycles. The molecule has 2 nitrogen and oxygen atoms in total. The van der Waals surface area contributed by atoms with Gasteiger partial charge in [0.05, 0.1) is 6.42 Å². The predicted molar refractivity (Wildman–Crippen MR) is 69.0 cm³/mol. The second-order valence-electron chi connectivity index (χ2n) is 4.44. The van der Waals surface area contributed by atoms with E-state index in [1.54, 1.807) is 18.2 Å². The molecule has 0 radical (unpaired) electrons. The van der Waals surface area contributed by atoms with E-state index in [4.69, 9.17) is 11.6 Å². The molecule has 1 N–H and O–H groups in total. The van der Waals surface area contributed by atoms with Gasteiger partial charge in [-0.3, -0.25) is 4.79 Å². The molecule has 0 aliphatic heterocycles. The van der Waals surface area contributed by atoms with Crippen molar-refractivity contribution in [3.8, 4) is 0 Å². The number of amides is 1. The largest absolute Gasteiger partial charge is 0.353 e. The van der Waals surface area contributed by atoms with Crippen molar-refractivity contribution in [3.63, 3.8) is 0 Å². The second kappa shape index (κ2) is 5.13. The SMILES string of the molecule is O=C(Cc1cc(Br)ccc1Cl)NC1CC(F)(F)C1. The van der Waals surface area contributed by atoms with Gasteiger partial charge in [0, 0.05) is 28.4 Å². The van der Waals surface area contributed by atoms with Gasteiger partial charge in [-0.25, -0.2) is 8.78 Å². The smallest absolute Gasteiger partial charge is 0.252 e. The lowest BCUT2D eigenvalue weighted by atomic mass is 9.88. The van der Waals surface area contributed by atoms with Gasteiger partial charge in [0.25, 0.3) is 5.92 Å². The molecule has 1 amide bonds. The first-order valence-corrected chi connectivity index (χ1v) is 6.64. The summed E-state index contributed by atoms with van der Waals surface area (Å²) in [7, 11) is 0. The average molecular weight is 339 g/mol. The van der Waals surface area contributed by atoms with Crippen LogP contribution in [-0.2, 0) is 11.2 Å². The van der Waals surface area contributed by atoms with E-state index in [-0.39, 0.29) is 25.2 Å². The zero-order chi connectivity index (χ0) is 13.3. The standard InChI is InChI=1S/C12H11BrClF2NO/c13-8-1-2-10(14)7(3-8)4-11(18)17-9-5-12(15,16)6-9/h1-3,9H,4-6H2,(H,17,18). The highest BCUT2D eigenvalue weighted by Crippen LogP contribution is 2.37. The number of carbonyl (C=O) groups excluding carboxylic acids is 1. The minimum Gasteiger partial charge on any atom is -0.353 e. The van der Waals surface area contributed by atoms with E-state index in [1.165, 1.54) is 0 Å². The molecule has 0 spiro atoms. The Balaban J connectivity index is 1.90. The molecule has 1 aliphatic rings. The van der Waals surface area contributed by atoms with Crippen molar-refractivity contribution in [2.24, 2.45) is 0 Å². The molecule has 0 unspecified atom stereocenters. The molecule has 98 valence electrons. The van der Waals surface area contributed by atoms with Crippen LogP contribution in [0.3, 0.4) is 0 Å². The molecule has 1 aromatic carbocycles. The van der Waals surface area contributed by atoms with Crippen molar-refractivity contribution in [1.82, 2.24) is 5.32 Å². The number of hydrogen-bond donors (Lipinski definition) is 1. The first-order chi connectivity index (χ1) is 8.35. The Labute approximate surface area is 117 Å². The van der Waals surface area contributed by atoms with Crippen LogP contribution in [-0.4, -0.2) is 17.9 Å². The van der Waals surface area contributed by atoms with Gasteiger partial charge in [0.15, 0.2) is 0 Å². The molecule has 6 heteroatoms. The summed E-state index contributed by atoms with van der Waals surface area (Å²) in [6, 6.07) is 4.79. The van der Waals surface area contributed by atoms with Gasteiger partial charge >= 0.3 is 0 Å². The van der Waals surface area contributed by atoms with Crippen LogP contribution in [0.4, 0.5) is 8.78 Å². The third kappa shape index (κ3) is 3.42. The van der Waals surface area contributed by atoms with E-state index >= 15 is 0 Å². The summed E-state index contributed by atoms with van der Waals surface area (Å²) in [5.41, 5.74) is 0.676. The maximum Gasteiger partial charge on any atom is 0.252 e. The summed E-state index contributed by atoms with van der Waals surface area (Å²) < 4.78 is 26.0. The zero-order valence-corrected chi connectivity index (χ0v) is 11.7. The Kier molecular flexibility index (Phi) is 3.92. The van der Waals surface area contributed by atoms with Crippen LogP contribution in [0.5, 0.6) is 0 Å². The van der Waals surface area contributed by atoms with Crippen molar-refractivity contribution in [3.05, 3.63) is 33.3 Å². The fourth-order valence-corrected chi connectivity index (χ4v) is 2.49. The molecule has 0 heterocycles. The Morgan fingerprint density at radius 2 is 2.17 bits per heavy atom. The molecule has 0 bridgehead atoms. The molecule has 1 saturated carbocycles. The summed E-state index contributed by atoms with van der Waals surface area (Å²) in [4.78, 5) is 11.7. The maximum absolute atomic E-state index is 12.6. The molecule has 0 aromatic heterocycles. The van der Waals surface area contributed by atoms with Crippen LogP contribution in [0, 0.1) is 0 Å². The van der Waals surface area contributed by atoms with Crippen LogP contribution < -0.4 is 5.32 Å². The number of halogens is 4. The number of nitrogens with one attached hydrogen (secondary N) is 1. The van der Waals surface area contributed by atoms with E-state index < -0.39 is 12.0 Å². The number of alkyl halides is 2. The third-order valence-corrected chi connectivity index (χ3v) is 3.68. The van der Waals surface area contributed by atoms with Crippen molar-refractivity contribution >= 4 is 33.4 Å². The van der Waals surface area contributed by atoms with Gasteiger partial charge in [-0.2, -0.15) is 0 Å². The fourth-order valence-electron chi connectivity index (χ4n) is 1.89. The molecular weight excluding hydrogens is 327 g/mol. The quantitative estimate of drug-likeness (QED) is 0.897. The summed E-state index contributed by atoms with van der Waals surface area (Å²) >= 11 is 9.24. The third-order valence-electron chi connectivity index (χ3n) is 2.81. The van der Waals surface area contributed by atoms with Crippen LogP contribution in [0.1, 0.15) is 18.4 Å². The highest BCUT2D eigenvalue weighted by Gasteiger charge is 2.45. The lowest BCUT2D eigenvalue weighted by Crippen LogP contribution is -2.50. The zero-order valence-electron chi connectivity index (χ0n) is 9.35. The van der Waals surface area contributed by atoms with Gasteiger partial charge < -0.3 is 5.32 Å². The monoisotopic (exact) mass is 337 g/mol. The number of hydrogen-bond acceptors (Lipinski definition) is 1. The molecular formula is C12H11BrClF2NO. The van der Waals surface area contributed by atoms with Gasteiger partial charge in [-0.05, 0) is 23.8 Å². The molecule has 2 rings (SSSR count). The van der Waals surface area contributed by atoms with Gasteiger partial charge in [-0.15, -0.1) is 0 Å². The highest BCUT2D eigenvalue weighted by molar-refractivity contribution is 9.10. The van der Waals surface area contributed by atoms with Gasteiger partial charge in [0.1, 0.15) is 0 Å². The highest BCUT2D eigenvalue weighted by atomic mass is 79.9. The minimum absolute atomic E-state index is 0.0976. The van der Waals surface area contributed by atoms with Crippen molar-refractivity contribution in [2.75, 3.05) is 0 Å². The first-order valence-electron chi connectivity index (χ1n) is 5.47.